The van der Waals surface area contributed by atoms with Crippen molar-refractivity contribution < 1.29 is 28.6 Å². The summed E-state index contributed by atoms with van der Waals surface area (Å²) in [6, 6.07) is 6.64. The molecule has 7 heteroatoms. The van der Waals surface area contributed by atoms with Crippen LogP contribution < -0.4 is 0 Å². The van der Waals surface area contributed by atoms with Gasteiger partial charge in [0.25, 0.3) is 5.79 Å². The molecule has 6 nitrogen and oxygen atoms in total. The minimum absolute atomic E-state index is 0.0827. The van der Waals surface area contributed by atoms with Crippen LogP contribution in [0.1, 0.15) is 42.6 Å². The van der Waals surface area contributed by atoms with Gasteiger partial charge in [0.05, 0.1) is 12.7 Å². The predicted octanol–water partition coefficient (Wildman–Crippen LogP) is 2.55. The summed E-state index contributed by atoms with van der Waals surface area (Å²) in [7, 11) is 1.29. The topological polar surface area (TPSA) is 78.9 Å². The second-order valence-electron chi connectivity index (χ2n) is 6.46. The van der Waals surface area contributed by atoms with E-state index in [1.165, 1.54) is 21.0 Å². The number of carbonyl (C=O) groups is 3. The highest BCUT2D eigenvalue weighted by Gasteiger charge is 2.55. The van der Waals surface area contributed by atoms with Gasteiger partial charge in [-0.15, -0.1) is 0 Å². The lowest BCUT2D eigenvalue weighted by molar-refractivity contribution is -0.251. The highest BCUT2D eigenvalue weighted by molar-refractivity contribution is 7.80. The molecular formula is C18H22O6S. The standard InChI is InChI=1S/C18H22O6S/c1-17(2)23-15(20)18(8-5-9-25,16(21)24-17)11-12-6-4-7-13(10-12)14(19)22-3/h4,6-7,10,25H,5,8-9,11H2,1-3H3. The fourth-order valence-electron chi connectivity index (χ4n) is 2.84. The summed E-state index contributed by atoms with van der Waals surface area (Å²) in [6.07, 6.45) is 0.885. The average Bonchev–Trinajstić information content (AvgIpc) is 2.56. The second-order valence-corrected chi connectivity index (χ2v) is 6.90. The van der Waals surface area contributed by atoms with Crippen molar-refractivity contribution in [1.82, 2.24) is 0 Å². The van der Waals surface area contributed by atoms with Crippen LogP contribution in [0, 0.1) is 5.41 Å². The first-order valence-corrected chi connectivity index (χ1v) is 8.62. The molecule has 0 aliphatic carbocycles. The van der Waals surface area contributed by atoms with E-state index in [0.29, 0.717) is 23.3 Å². The Morgan fingerprint density at radius 2 is 1.84 bits per heavy atom. The molecule has 0 amide bonds. The second kappa shape index (κ2) is 7.47. The zero-order valence-electron chi connectivity index (χ0n) is 14.5. The van der Waals surface area contributed by atoms with E-state index in [1.807, 2.05) is 0 Å². The Morgan fingerprint density at radius 3 is 2.40 bits per heavy atom. The number of hydrogen-bond donors (Lipinski definition) is 1. The molecule has 1 aliphatic heterocycles. The first-order valence-electron chi connectivity index (χ1n) is 7.99. The number of hydrogen-bond acceptors (Lipinski definition) is 7. The maximum absolute atomic E-state index is 12.7. The molecule has 1 aliphatic rings. The fraction of sp³-hybridized carbons (Fsp3) is 0.500. The molecule has 1 aromatic rings. The molecule has 0 radical (unpaired) electrons. The monoisotopic (exact) mass is 366 g/mol. The number of methoxy groups -OCH3 is 1. The molecule has 0 bridgehead atoms. The van der Waals surface area contributed by atoms with Crippen LogP contribution in [0.5, 0.6) is 0 Å². The fourth-order valence-corrected chi connectivity index (χ4v) is 3.00. The number of esters is 3. The Hall–Kier alpha value is -2.02. The summed E-state index contributed by atoms with van der Waals surface area (Å²) in [5.74, 6) is -2.47. The van der Waals surface area contributed by atoms with Crippen LogP contribution in [0.15, 0.2) is 24.3 Å². The normalized spacial score (nSPS) is 18.2. The zero-order chi connectivity index (χ0) is 18.7. The number of benzene rings is 1. The van der Waals surface area contributed by atoms with Crippen LogP contribution in [0.2, 0.25) is 0 Å². The largest absolute Gasteiger partial charge is 0.465 e. The molecule has 0 atom stereocenters. The van der Waals surface area contributed by atoms with Crippen molar-refractivity contribution in [3.63, 3.8) is 0 Å². The van der Waals surface area contributed by atoms with Gasteiger partial charge in [0.1, 0.15) is 0 Å². The van der Waals surface area contributed by atoms with E-state index in [0.717, 1.165) is 0 Å². The molecule has 1 fully saturated rings. The first-order chi connectivity index (χ1) is 11.7. The van der Waals surface area contributed by atoms with Crippen molar-refractivity contribution >= 4 is 30.5 Å². The molecule has 1 aromatic carbocycles. The lowest BCUT2D eigenvalue weighted by Gasteiger charge is -2.40. The van der Waals surface area contributed by atoms with E-state index in [1.54, 1.807) is 24.3 Å². The maximum atomic E-state index is 12.7. The van der Waals surface area contributed by atoms with Gasteiger partial charge in [-0.3, -0.25) is 9.59 Å². The molecule has 0 aromatic heterocycles. The van der Waals surface area contributed by atoms with Gasteiger partial charge in [0.2, 0.25) is 0 Å². The molecular weight excluding hydrogens is 344 g/mol. The van der Waals surface area contributed by atoms with Crippen LogP contribution in [0.3, 0.4) is 0 Å². The quantitative estimate of drug-likeness (QED) is 0.474. The summed E-state index contributed by atoms with van der Waals surface area (Å²) in [4.78, 5) is 37.1. The number of thiol groups is 1. The summed E-state index contributed by atoms with van der Waals surface area (Å²) in [5.41, 5.74) is -0.439. The lowest BCUT2D eigenvalue weighted by Crippen LogP contribution is -2.55. The van der Waals surface area contributed by atoms with Crippen LogP contribution in [0.25, 0.3) is 0 Å². The summed E-state index contributed by atoms with van der Waals surface area (Å²) < 4.78 is 15.4. The molecule has 0 unspecified atom stereocenters. The van der Waals surface area contributed by atoms with Crippen molar-refractivity contribution in [2.75, 3.05) is 12.9 Å². The number of ether oxygens (including phenoxy) is 3. The van der Waals surface area contributed by atoms with E-state index < -0.39 is 29.1 Å². The van der Waals surface area contributed by atoms with E-state index in [4.69, 9.17) is 14.2 Å². The van der Waals surface area contributed by atoms with Gasteiger partial charge in [-0.05, 0) is 42.7 Å². The molecule has 1 heterocycles. The Bertz CT molecular complexity index is 662. The first kappa shape index (κ1) is 19.3. The van der Waals surface area contributed by atoms with Gasteiger partial charge >= 0.3 is 17.9 Å². The Balaban J connectivity index is 2.37. The van der Waals surface area contributed by atoms with Crippen LogP contribution in [0.4, 0.5) is 0 Å². The Morgan fingerprint density at radius 1 is 1.20 bits per heavy atom. The van der Waals surface area contributed by atoms with Crippen molar-refractivity contribution in [2.45, 2.75) is 38.9 Å². The summed E-state index contributed by atoms with van der Waals surface area (Å²) in [5, 5.41) is 0. The third-order valence-electron chi connectivity index (χ3n) is 4.07. The third-order valence-corrected chi connectivity index (χ3v) is 4.39. The molecule has 0 saturated carbocycles. The number of rotatable bonds is 6. The zero-order valence-corrected chi connectivity index (χ0v) is 15.4. The van der Waals surface area contributed by atoms with Crippen LogP contribution in [-0.2, 0) is 30.2 Å². The SMILES string of the molecule is COC(=O)c1cccc(CC2(CCCS)C(=O)OC(C)(C)OC2=O)c1. The van der Waals surface area contributed by atoms with Crippen LogP contribution in [-0.4, -0.2) is 36.6 Å². The van der Waals surface area contributed by atoms with E-state index >= 15 is 0 Å². The van der Waals surface area contributed by atoms with Crippen molar-refractivity contribution in [2.24, 2.45) is 5.41 Å². The summed E-state index contributed by atoms with van der Waals surface area (Å²) >= 11 is 4.17. The van der Waals surface area contributed by atoms with Gasteiger partial charge in [0.15, 0.2) is 5.41 Å². The molecule has 1 saturated heterocycles. The van der Waals surface area contributed by atoms with Gasteiger partial charge in [-0.2, -0.15) is 12.6 Å². The summed E-state index contributed by atoms with van der Waals surface area (Å²) in [6.45, 7) is 3.03. The lowest BCUT2D eigenvalue weighted by atomic mass is 9.76. The highest BCUT2D eigenvalue weighted by Crippen LogP contribution is 2.39. The Labute approximate surface area is 152 Å². The van der Waals surface area contributed by atoms with Crippen LogP contribution >= 0.6 is 12.6 Å². The van der Waals surface area contributed by atoms with E-state index in [-0.39, 0.29) is 12.8 Å². The molecule has 0 spiro atoms. The third kappa shape index (κ3) is 4.15. The molecule has 136 valence electrons. The number of cyclic esters (lactones) is 2. The van der Waals surface area contributed by atoms with Crippen molar-refractivity contribution in [3.05, 3.63) is 35.4 Å². The van der Waals surface area contributed by atoms with Gasteiger partial charge in [-0.25, -0.2) is 4.79 Å². The van der Waals surface area contributed by atoms with E-state index in [2.05, 4.69) is 12.6 Å². The van der Waals surface area contributed by atoms with Crippen molar-refractivity contribution in [1.29, 1.82) is 0 Å². The van der Waals surface area contributed by atoms with E-state index in [9.17, 15) is 14.4 Å². The predicted molar refractivity (Wildman–Crippen MR) is 93.3 cm³/mol. The number of carbonyl (C=O) groups excluding carboxylic acids is 3. The highest BCUT2D eigenvalue weighted by atomic mass is 32.1. The minimum atomic E-state index is -1.44. The molecule has 25 heavy (non-hydrogen) atoms. The van der Waals surface area contributed by atoms with Crippen molar-refractivity contribution in [3.8, 4) is 0 Å². The average molecular weight is 366 g/mol. The Kier molecular flexibility index (Phi) is 5.77. The minimum Gasteiger partial charge on any atom is -0.465 e. The molecule has 2 rings (SSSR count). The van der Waals surface area contributed by atoms with Gasteiger partial charge < -0.3 is 14.2 Å². The maximum Gasteiger partial charge on any atom is 0.337 e. The van der Waals surface area contributed by atoms with Gasteiger partial charge in [-0.1, -0.05) is 12.1 Å². The van der Waals surface area contributed by atoms with Gasteiger partial charge in [0, 0.05) is 13.8 Å². The molecule has 0 N–H and O–H groups in total. The smallest absolute Gasteiger partial charge is 0.337 e.